The van der Waals surface area contributed by atoms with Crippen LogP contribution in [0.3, 0.4) is 0 Å². The minimum absolute atomic E-state index is 0.0617. The molecule has 3 rings (SSSR count). The Morgan fingerprint density at radius 2 is 1.93 bits per heavy atom. The van der Waals surface area contributed by atoms with E-state index in [1.54, 1.807) is 32.8 Å². The smallest absolute Gasteiger partial charge is 0.313 e. The largest absolute Gasteiger partial charge is 0.497 e. The molecule has 2 aliphatic rings. The van der Waals surface area contributed by atoms with Gasteiger partial charge in [-0.1, -0.05) is 12.1 Å². The molecule has 0 N–H and O–H groups in total. The summed E-state index contributed by atoms with van der Waals surface area (Å²) in [6.45, 7) is 5.95. The van der Waals surface area contributed by atoms with E-state index in [4.69, 9.17) is 9.47 Å². The van der Waals surface area contributed by atoms with E-state index >= 15 is 0 Å². The zero-order valence-corrected chi connectivity index (χ0v) is 16.3. The highest BCUT2D eigenvalue weighted by Crippen LogP contribution is 2.54. The van der Waals surface area contributed by atoms with Crippen molar-refractivity contribution in [3.8, 4) is 11.8 Å². The Morgan fingerprint density at radius 1 is 1.30 bits per heavy atom. The van der Waals surface area contributed by atoms with Crippen LogP contribution >= 0.6 is 0 Å². The highest BCUT2D eigenvalue weighted by molar-refractivity contribution is 5.95. The van der Waals surface area contributed by atoms with Gasteiger partial charge in [0.1, 0.15) is 17.3 Å². The Balaban J connectivity index is 1.86. The summed E-state index contributed by atoms with van der Waals surface area (Å²) in [5.74, 6) is -0.781. The van der Waals surface area contributed by atoms with Gasteiger partial charge >= 0.3 is 5.97 Å². The fourth-order valence-corrected chi connectivity index (χ4v) is 3.79. The summed E-state index contributed by atoms with van der Waals surface area (Å²) < 4.78 is 10.7. The fraction of sp³-hybridized carbons (Fsp3) is 0.571. The third-order valence-electron chi connectivity index (χ3n) is 5.22. The second kappa shape index (κ2) is 6.88. The van der Waals surface area contributed by atoms with Crippen LogP contribution in [-0.4, -0.2) is 36.0 Å². The number of nitriles is 1. The van der Waals surface area contributed by atoms with Crippen LogP contribution in [0.25, 0.3) is 0 Å². The molecule has 2 fully saturated rings. The van der Waals surface area contributed by atoms with E-state index in [0.29, 0.717) is 6.54 Å². The van der Waals surface area contributed by atoms with Gasteiger partial charge in [-0.15, -0.1) is 0 Å². The van der Waals surface area contributed by atoms with Gasteiger partial charge in [-0.05, 0) is 57.2 Å². The molecule has 0 aromatic heterocycles. The monoisotopic (exact) mass is 370 g/mol. The first-order chi connectivity index (χ1) is 12.7. The Labute approximate surface area is 160 Å². The summed E-state index contributed by atoms with van der Waals surface area (Å²) in [4.78, 5) is 27.7. The van der Waals surface area contributed by atoms with Crippen LogP contribution in [0.1, 0.15) is 39.2 Å². The quantitative estimate of drug-likeness (QED) is 0.745. The minimum atomic E-state index is -1.30. The Morgan fingerprint density at radius 3 is 2.41 bits per heavy atom. The predicted molar refractivity (Wildman–Crippen MR) is 98.5 cm³/mol. The van der Waals surface area contributed by atoms with E-state index in [0.717, 1.165) is 24.2 Å². The van der Waals surface area contributed by atoms with E-state index < -0.39 is 22.9 Å². The number of likely N-dealkylation sites (tertiary alicyclic amines) is 1. The summed E-state index contributed by atoms with van der Waals surface area (Å²) in [6.07, 6.45) is 1.60. The van der Waals surface area contributed by atoms with Crippen LogP contribution in [0.2, 0.25) is 0 Å². The first kappa shape index (κ1) is 19.2. The molecule has 27 heavy (non-hydrogen) atoms. The SMILES string of the molecule is COc1ccc(CN2C[C@@H](C(=O)OC(C)(C)C)[C@](C#N)(C3CC3)C2=O)cc1. The number of carbonyl (C=O) groups excluding carboxylic acids is 2. The van der Waals surface area contributed by atoms with Gasteiger partial charge in [-0.3, -0.25) is 9.59 Å². The third kappa shape index (κ3) is 3.64. The average molecular weight is 370 g/mol. The molecule has 1 aliphatic heterocycles. The number of hydrogen-bond donors (Lipinski definition) is 0. The summed E-state index contributed by atoms with van der Waals surface area (Å²) in [5.41, 5.74) is -1.03. The second-order valence-electron chi connectivity index (χ2n) is 8.37. The molecule has 0 bridgehead atoms. The Kier molecular flexibility index (Phi) is 4.90. The van der Waals surface area contributed by atoms with Crippen molar-refractivity contribution in [3.63, 3.8) is 0 Å². The molecule has 1 aromatic carbocycles. The summed E-state index contributed by atoms with van der Waals surface area (Å²) in [7, 11) is 1.60. The highest BCUT2D eigenvalue weighted by atomic mass is 16.6. The summed E-state index contributed by atoms with van der Waals surface area (Å²) >= 11 is 0. The number of carbonyl (C=O) groups is 2. The maximum atomic E-state index is 13.2. The highest BCUT2D eigenvalue weighted by Gasteiger charge is 2.65. The van der Waals surface area contributed by atoms with E-state index in [-0.39, 0.29) is 18.4 Å². The molecule has 0 spiro atoms. The molecule has 6 nitrogen and oxygen atoms in total. The maximum absolute atomic E-state index is 13.2. The summed E-state index contributed by atoms with van der Waals surface area (Å²) in [6, 6.07) is 9.67. The maximum Gasteiger partial charge on any atom is 0.313 e. The number of esters is 1. The molecule has 0 radical (unpaired) electrons. The number of amides is 1. The molecule has 1 saturated carbocycles. The van der Waals surface area contributed by atoms with E-state index in [2.05, 4.69) is 6.07 Å². The zero-order chi connectivity index (χ0) is 19.8. The lowest BCUT2D eigenvalue weighted by Crippen LogP contribution is -2.42. The lowest BCUT2D eigenvalue weighted by Gasteiger charge is -2.27. The molecule has 144 valence electrons. The predicted octanol–water partition coefficient (Wildman–Crippen LogP) is 2.92. The Hall–Kier alpha value is -2.55. The number of hydrogen-bond acceptors (Lipinski definition) is 5. The molecule has 2 atom stereocenters. The van der Waals surface area contributed by atoms with Crippen molar-refractivity contribution in [2.24, 2.45) is 17.3 Å². The lowest BCUT2D eigenvalue weighted by atomic mass is 9.74. The molecule has 6 heteroatoms. The molecule has 1 aromatic rings. The topological polar surface area (TPSA) is 79.6 Å². The van der Waals surface area contributed by atoms with E-state index in [9.17, 15) is 14.9 Å². The number of rotatable bonds is 5. The van der Waals surface area contributed by atoms with Gasteiger partial charge < -0.3 is 14.4 Å². The van der Waals surface area contributed by atoms with Gasteiger partial charge in [0.2, 0.25) is 5.91 Å². The minimum Gasteiger partial charge on any atom is -0.497 e. The number of benzene rings is 1. The van der Waals surface area contributed by atoms with Crippen LogP contribution < -0.4 is 4.74 Å². The lowest BCUT2D eigenvalue weighted by molar-refractivity contribution is -0.163. The van der Waals surface area contributed by atoms with Crippen molar-refractivity contribution >= 4 is 11.9 Å². The van der Waals surface area contributed by atoms with Gasteiger partial charge in [-0.2, -0.15) is 5.26 Å². The van der Waals surface area contributed by atoms with Gasteiger partial charge in [0.05, 0.1) is 13.2 Å². The standard InChI is InChI=1S/C21H26N2O4/c1-20(2,3)27-18(24)17-12-23(11-14-5-9-16(26-4)10-6-14)19(25)21(17,13-22)15-7-8-15/h5-6,9-10,15,17H,7-8,11-12H2,1-4H3/t17-,21-/m0/s1. The number of nitrogens with zero attached hydrogens (tertiary/aromatic N) is 2. The van der Waals surface area contributed by atoms with Crippen molar-refractivity contribution in [1.82, 2.24) is 4.90 Å². The van der Waals surface area contributed by atoms with Crippen LogP contribution in [-0.2, 0) is 20.9 Å². The van der Waals surface area contributed by atoms with Crippen LogP contribution in [0.5, 0.6) is 5.75 Å². The Bertz CT molecular complexity index is 771. The first-order valence-electron chi connectivity index (χ1n) is 9.27. The van der Waals surface area contributed by atoms with Crippen molar-refractivity contribution < 1.29 is 19.1 Å². The molecular weight excluding hydrogens is 344 g/mol. The molecule has 1 amide bonds. The molecule has 0 unspecified atom stereocenters. The van der Waals surface area contributed by atoms with E-state index in [1.807, 2.05) is 24.3 Å². The van der Waals surface area contributed by atoms with Gasteiger partial charge in [-0.25, -0.2) is 0 Å². The zero-order valence-electron chi connectivity index (χ0n) is 16.3. The molecule has 1 saturated heterocycles. The normalized spacial score (nSPS) is 25.2. The van der Waals surface area contributed by atoms with Crippen LogP contribution in [0.4, 0.5) is 0 Å². The number of methoxy groups -OCH3 is 1. The molecule has 1 heterocycles. The fourth-order valence-electron chi connectivity index (χ4n) is 3.79. The van der Waals surface area contributed by atoms with Gasteiger partial charge in [0.25, 0.3) is 0 Å². The van der Waals surface area contributed by atoms with Gasteiger partial charge in [0, 0.05) is 13.1 Å². The van der Waals surface area contributed by atoms with Crippen molar-refractivity contribution in [2.75, 3.05) is 13.7 Å². The molecular formula is C21H26N2O4. The van der Waals surface area contributed by atoms with Crippen molar-refractivity contribution in [1.29, 1.82) is 5.26 Å². The number of ether oxygens (including phenoxy) is 2. The third-order valence-corrected chi connectivity index (χ3v) is 5.22. The summed E-state index contributed by atoms with van der Waals surface area (Å²) in [5, 5.41) is 9.95. The average Bonchev–Trinajstić information content (AvgIpc) is 3.41. The van der Waals surface area contributed by atoms with Crippen molar-refractivity contribution in [2.45, 2.75) is 45.8 Å². The second-order valence-corrected chi connectivity index (χ2v) is 8.37. The molecule has 1 aliphatic carbocycles. The van der Waals surface area contributed by atoms with E-state index in [1.165, 1.54) is 0 Å². The van der Waals surface area contributed by atoms with Gasteiger partial charge in [0.15, 0.2) is 5.41 Å². The van der Waals surface area contributed by atoms with Crippen LogP contribution in [0, 0.1) is 28.6 Å². The van der Waals surface area contributed by atoms with Crippen molar-refractivity contribution in [3.05, 3.63) is 29.8 Å². The van der Waals surface area contributed by atoms with Crippen LogP contribution in [0.15, 0.2) is 24.3 Å². The first-order valence-corrected chi connectivity index (χ1v) is 9.27.